The number of alkyl halides is 1. The summed E-state index contributed by atoms with van der Waals surface area (Å²) in [6.07, 6.45) is 6.92. The van der Waals surface area contributed by atoms with Gasteiger partial charge in [0.1, 0.15) is 12.2 Å². The molecule has 0 N–H and O–H groups in total. The molecule has 5 heteroatoms. The monoisotopic (exact) mass is 300 g/mol. The van der Waals surface area contributed by atoms with Crippen LogP contribution in [0.1, 0.15) is 38.4 Å². The quantitative estimate of drug-likeness (QED) is 0.783. The maximum Gasteiger partial charge on any atom is 0.141 e. The summed E-state index contributed by atoms with van der Waals surface area (Å²) in [4.78, 5) is 6.94. The standard InChI is InChI=1S/C12H21BrN4/c1-2-17-12(14-10-15-17)9-16-8-4-3-5-11(16)6-7-13/h10-11H,2-9H2,1H3. The van der Waals surface area contributed by atoms with Crippen molar-refractivity contribution in [3.8, 4) is 0 Å². The first-order chi connectivity index (χ1) is 8.35. The molecular weight excluding hydrogens is 280 g/mol. The molecule has 1 aromatic rings. The van der Waals surface area contributed by atoms with Gasteiger partial charge < -0.3 is 0 Å². The molecule has 0 spiro atoms. The van der Waals surface area contributed by atoms with Gasteiger partial charge in [-0.2, -0.15) is 5.10 Å². The van der Waals surface area contributed by atoms with Gasteiger partial charge in [0, 0.05) is 17.9 Å². The number of piperidine rings is 1. The second-order valence-electron chi connectivity index (χ2n) is 4.59. The highest BCUT2D eigenvalue weighted by Crippen LogP contribution is 2.21. The van der Waals surface area contributed by atoms with Crippen LogP contribution in [0, 0.1) is 0 Å². The van der Waals surface area contributed by atoms with E-state index in [2.05, 4.69) is 37.8 Å². The molecule has 17 heavy (non-hydrogen) atoms. The first kappa shape index (κ1) is 13.0. The van der Waals surface area contributed by atoms with Crippen LogP contribution in [0.2, 0.25) is 0 Å². The van der Waals surface area contributed by atoms with E-state index in [1.54, 1.807) is 6.33 Å². The number of hydrogen-bond donors (Lipinski definition) is 0. The predicted molar refractivity (Wildman–Crippen MR) is 72.2 cm³/mol. The number of aromatic nitrogens is 3. The van der Waals surface area contributed by atoms with Crippen molar-refractivity contribution in [3.05, 3.63) is 12.2 Å². The molecule has 0 radical (unpaired) electrons. The average Bonchev–Trinajstić information content (AvgIpc) is 2.79. The normalized spacial score (nSPS) is 21.9. The molecule has 2 rings (SSSR count). The third-order valence-electron chi connectivity index (χ3n) is 3.53. The molecule has 1 aromatic heterocycles. The van der Waals surface area contributed by atoms with Crippen LogP contribution in [0.5, 0.6) is 0 Å². The molecule has 0 aliphatic carbocycles. The smallest absolute Gasteiger partial charge is 0.141 e. The highest BCUT2D eigenvalue weighted by molar-refractivity contribution is 9.09. The molecule has 0 saturated carbocycles. The van der Waals surface area contributed by atoms with E-state index in [1.807, 2.05) is 4.68 Å². The summed E-state index contributed by atoms with van der Waals surface area (Å²) in [5.41, 5.74) is 0. The third-order valence-corrected chi connectivity index (χ3v) is 3.99. The van der Waals surface area contributed by atoms with E-state index in [1.165, 1.54) is 32.2 Å². The van der Waals surface area contributed by atoms with Crippen LogP contribution in [0.15, 0.2) is 6.33 Å². The molecule has 1 unspecified atom stereocenters. The summed E-state index contributed by atoms with van der Waals surface area (Å²) in [7, 11) is 0. The fourth-order valence-electron chi connectivity index (χ4n) is 2.58. The zero-order chi connectivity index (χ0) is 12.1. The SMILES string of the molecule is CCn1ncnc1CN1CCCCC1CCBr. The van der Waals surface area contributed by atoms with E-state index < -0.39 is 0 Å². The van der Waals surface area contributed by atoms with Crippen LogP contribution in [-0.2, 0) is 13.1 Å². The number of rotatable bonds is 5. The van der Waals surface area contributed by atoms with Gasteiger partial charge in [0.2, 0.25) is 0 Å². The van der Waals surface area contributed by atoms with Crippen molar-refractivity contribution in [1.82, 2.24) is 19.7 Å². The van der Waals surface area contributed by atoms with Crippen molar-refractivity contribution in [3.63, 3.8) is 0 Å². The molecule has 0 aromatic carbocycles. The van der Waals surface area contributed by atoms with Crippen molar-refractivity contribution < 1.29 is 0 Å². The van der Waals surface area contributed by atoms with Gasteiger partial charge in [0.15, 0.2) is 0 Å². The van der Waals surface area contributed by atoms with Gasteiger partial charge in [-0.1, -0.05) is 22.4 Å². The Hall–Kier alpha value is -0.420. The number of aryl methyl sites for hydroxylation is 1. The molecule has 1 aliphatic heterocycles. The van der Waals surface area contributed by atoms with Crippen molar-refractivity contribution in [1.29, 1.82) is 0 Å². The maximum atomic E-state index is 4.37. The highest BCUT2D eigenvalue weighted by Gasteiger charge is 2.23. The van der Waals surface area contributed by atoms with E-state index >= 15 is 0 Å². The largest absolute Gasteiger partial charge is 0.293 e. The maximum absolute atomic E-state index is 4.37. The fourth-order valence-corrected chi connectivity index (χ4v) is 3.11. The summed E-state index contributed by atoms with van der Waals surface area (Å²) >= 11 is 3.56. The van der Waals surface area contributed by atoms with Gasteiger partial charge >= 0.3 is 0 Å². The molecule has 1 fully saturated rings. The summed E-state index contributed by atoms with van der Waals surface area (Å²) in [6, 6.07) is 0.713. The average molecular weight is 301 g/mol. The predicted octanol–water partition coefficient (Wildman–Crippen LogP) is 2.44. The molecule has 96 valence electrons. The van der Waals surface area contributed by atoms with Crippen LogP contribution >= 0.6 is 15.9 Å². The summed E-state index contributed by atoms with van der Waals surface area (Å²) < 4.78 is 2.00. The van der Waals surface area contributed by atoms with Gasteiger partial charge in [-0.05, 0) is 32.7 Å². The van der Waals surface area contributed by atoms with Gasteiger partial charge in [0.05, 0.1) is 6.54 Å². The second-order valence-corrected chi connectivity index (χ2v) is 5.38. The molecule has 0 bridgehead atoms. The van der Waals surface area contributed by atoms with Crippen LogP contribution in [0.25, 0.3) is 0 Å². The topological polar surface area (TPSA) is 34.0 Å². The zero-order valence-corrected chi connectivity index (χ0v) is 12.1. The Labute approximate surface area is 112 Å². The van der Waals surface area contributed by atoms with Gasteiger partial charge in [0.25, 0.3) is 0 Å². The lowest BCUT2D eigenvalue weighted by Crippen LogP contribution is -2.39. The van der Waals surface area contributed by atoms with E-state index in [-0.39, 0.29) is 0 Å². The second kappa shape index (κ2) is 6.50. The van der Waals surface area contributed by atoms with Crippen LogP contribution < -0.4 is 0 Å². The van der Waals surface area contributed by atoms with Crippen molar-refractivity contribution >= 4 is 15.9 Å². The van der Waals surface area contributed by atoms with Crippen LogP contribution in [0.3, 0.4) is 0 Å². The molecule has 0 amide bonds. The highest BCUT2D eigenvalue weighted by atomic mass is 79.9. The molecule has 1 saturated heterocycles. The minimum Gasteiger partial charge on any atom is -0.293 e. The van der Waals surface area contributed by atoms with Crippen molar-refractivity contribution in [2.24, 2.45) is 0 Å². The Balaban J connectivity index is 2.00. The lowest BCUT2D eigenvalue weighted by Gasteiger charge is -2.35. The van der Waals surface area contributed by atoms with Crippen molar-refractivity contribution in [2.45, 2.75) is 51.7 Å². The Bertz CT molecular complexity index is 337. The van der Waals surface area contributed by atoms with Crippen LogP contribution in [-0.4, -0.2) is 37.6 Å². The summed E-state index contributed by atoms with van der Waals surface area (Å²) in [6.45, 7) is 5.18. The zero-order valence-electron chi connectivity index (χ0n) is 10.5. The first-order valence-electron chi connectivity index (χ1n) is 6.51. The third kappa shape index (κ3) is 3.28. The van der Waals surface area contributed by atoms with Gasteiger partial charge in [-0.15, -0.1) is 0 Å². The molecule has 2 heterocycles. The number of likely N-dealkylation sites (tertiary alicyclic amines) is 1. The Morgan fingerprint density at radius 2 is 2.35 bits per heavy atom. The lowest BCUT2D eigenvalue weighted by molar-refractivity contribution is 0.131. The van der Waals surface area contributed by atoms with Gasteiger partial charge in [-0.3, -0.25) is 4.90 Å². The van der Waals surface area contributed by atoms with Gasteiger partial charge in [-0.25, -0.2) is 9.67 Å². The van der Waals surface area contributed by atoms with E-state index in [0.717, 1.165) is 24.2 Å². The molecule has 1 aliphatic rings. The molecule has 1 atom stereocenters. The van der Waals surface area contributed by atoms with E-state index in [0.29, 0.717) is 6.04 Å². The number of nitrogens with zero attached hydrogens (tertiary/aromatic N) is 4. The summed E-state index contributed by atoms with van der Waals surface area (Å²) in [5.74, 6) is 1.11. The first-order valence-corrected chi connectivity index (χ1v) is 7.64. The molecular formula is C12H21BrN4. The summed E-state index contributed by atoms with van der Waals surface area (Å²) in [5, 5.41) is 5.33. The Kier molecular flexibility index (Phi) is 4.98. The lowest BCUT2D eigenvalue weighted by atomic mass is 10.00. The van der Waals surface area contributed by atoms with E-state index in [4.69, 9.17) is 0 Å². The molecule has 4 nitrogen and oxygen atoms in total. The Morgan fingerprint density at radius 3 is 3.12 bits per heavy atom. The number of halogens is 1. The minimum absolute atomic E-state index is 0.713. The fraction of sp³-hybridized carbons (Fsp3) is 0.833. The minimum atomic E-state index is 0.713. The van der Waals surface area contributed by atoms with Crippen LogP contribution in [0.4, 0.5) is 0 Å². The van der Waals surface area contributed by atoms with Crippen molar-refractivity contribution in [2.75, 3.05) is 11.9 Å². The Morgan fingerprint density at radius 1 is 1.47 bits per heavy atom. The number of hydrogen-bond acceptors (Lipinski definition) is 3. The van der Waals surface area contributed by atoms with E-state index in [9.17, 15) is 0 Å².